The zero-order valence-corrected chi connectivity index (χ0v) is 15.3. The van der Waals surface area contributed by atoms with Crippen molar-refractivity contribution in [3.63, 3.8) is 0 Å². The molecule has 4 atom stereocenters. The Morgan fingerprint density at radius 3 is 2.56 bits per heavy atom. The van der Waals surface area contributed by atoms with E-state index in [1.54, 1.807) is 6.92 Å². The predicted octanol–water partition coefficient (Wildman–Crippen LogP) is 3.53. The van der Waals surface area contributed by atoms with E-state index in [9.17, 15) is 9.59 Å². The lowest BCUT2D eigenvalue weighted by Crippen LogP contribution is -2.42. The average Bonchev–Trinajstić information content (AvgIpc) is 3.22. The number of carbonyl (C=O) groups is 2. The molecule has 2 bridgehead atoms. The Morgan fingerprint density at radius 1 is 1.20 bits per heavy atom. The molecule has 0 spiro atoms. The summed E-state index contributed by atoms with van der Waals surface area (Å²) in [6.45, 7) is 3.79. The minimum Gasteiger partial charge on any atom is -0.484 e. The van der Waals surface area contributed by atoms with Crippen LogP contribution >= 0.6 is 0 Å². The molecule has 2 aliphatic carbocycles. The second-order valence-electron chi connectivity index (χ2n) is 7.83. The van der Waals surface area contributed by atoms with Crippen LogP contribution in [0.3, 0.4) is 0 Å². The first kappa shape index (κ1) is 18.0. The molecule has 2 aliphatic rings. The Hall–Kier alpha value is -1.84. The molecule has 4 heteroatoms. The molecule has 136 valence electrons. The monoisotopic (exact) mass is 343 g/mol. The topological polar surface area (TPSA) is 55.4 Å². The van der Waals surface area contributed by atoms with E-state index in [0.717, 1.165) is 23.8 Å². The van der Waals surface area contributed by atoms with Gasteiger partial charge in [-0.2, -0.15) is 0 Å². The molecule has 1 N–H and O–H groups in total. The van der Waals surface area contributed by atoms with Crippen LogP contribution in [0.5, 0.6) is 5.75 Å². The maximum Gasteiger partial charge on any atom is 0.258 e. The van der Waals surface area contributed by atoms with Crippen molar-refractivity contribution in [3.05, 3.63) is 29.8 Å². The van der Waals surface area contributed by atoms with Crippen LogP contribution in [0.15, 0.2) is 24.3 Å². The van der Waals surface area contributed by atoms with Gasteiger partial charge in [0.05, 0.1) is 0 Å². The lowest BCUT2D eigenvalue weighted by molar-refractivity contribution is -0.124. The van der Waals surface area contributed by atoms with Crippen molar-refractivity contribution in [2.45, 2.75) is 58.4 Å². The van der Waals surface area contributed by atoms with Gasteiger partial charge in [-0.3, -0.25) is 4.79 Å². The van der Waals surface area contributed by atoms with Crippen LogP contribution in [0.2, 0.25) is 0 Å². The van der Waals surface area contributed by atoms with Crippen molar-refractivity contribution in [3.8, 4) is 5.75 Å². The van der Waals surface area contributed by atoms with Gasteiger partial charge in [-0.25, -0.2) is 0 Å². The number of hydrogen-bond donors (Lipinski definition) is 1. The van der Waals surface area contributed by atoms with E-state index in [2.05, 4.69) is 12.2 Å². The second-order valence-corrected chi connectivity index (χ2v) is 7.83. The number of nitrogens with one attached hydrogen (secondary N) is 1. The minimum absolute atomic E-state index is 0.0454. The van der Waals surface area contributed by atoms with E-state index in [-0.39, 0.29) is 24.3 Å². The van der Waals surface area contributed by atoms with Crippen molar-refractivity contribution in [1.29, 1.82) is 0 Å². The van der Waals surface area contributed by atoms with Crippen LogP contribution in [-0.2, 0) is 16.0 Å². The molecular weight excluding hydrogens is 314 g/mol. The molecular formula is C21H29NO3. The molecule has 4 unspecified atom stereocenters. The highest BCUT2D eigenvalue weighted by Gasteiger charge is 2.42. The predicted molar refractivity (Wildman–Crippen MR) is 97.5 cm³/mol. The Labute approximate surface area is 150 Å². The van der Waals surface area contributed by atoms with Crippen molar-refractivity contribution in [2.75, 3.05) is 6.61 Å². The summed E-state index contributed by atoms with van der Waals surface area (Å²) >= 11 is 0. The van der Waals surface area contributed by atoms with E-state index >= 15 is 0 Å². The third-order valence-electron chi connectivity index (χ3n) is 5.88. The molecule has 4 nitrogen and oxygen atoms in total. The molecule has 0 aromatic heterocycles. The molecule has 0 radical (unpaired) electrons. The normalized spacial score (nSPS) is 25.6. The molecule has 0 aliphatic heterocycles. The van der Waals surface area contributed by atoms with Gasteiger partial charge in [-0.1, -0.05) is 18.6 Å². The van der Waals surface area contributed by atoms with Crippen molar-refractivity contribution in [1.82, 2.24) is 5.32 Å². The Bertz CT molecular complexity index is 610. The number of benzene rings is 1. The van der Waals surface area contributed by atoms with Crippen LogP contribution in [0.25, 0.3) is 0 Å². The van der Waals surface area contributed by atoms with E-state index in [1.807, 2.05) is 24.3 Å². The van der Waals surface area contributed by atoms with Gasteiger partial charge >= 0.3 is 0 Å². The molecule has 1 aromatic carbocycles. The van der Waals surface area contributed by atoms with Crippen molar-refractivity contribution < 1.29 is 14.3 Å². The fourth-order valence-electron chi connectivity index (χ4n) is 4.53. The van der Waals surface area contributed by atoms with Gasteiger partial charge in [0.2, 0.25) is 0 Å². The molecule has 0 saturated heterocycles. The largest absolute Gasteiger partial charge is 0.484 e. The summed E-state index contributed by atoms with van der Waals surface area (Å²) in [7, 11) is 0. The Morgan fingerprint density at radius 2 is 1.96 bits per heavy atom. The smallest absolute Gasteiger partial charge is 0.258 e. The third kappa shape index (κ3) is 4.83. The summed E-state index contributed by atoms with van der Waals surface area (Å²) in [6, 6.07) is 7.87. The number of aryl methyl sites for hydroxylation is 1. The fourth-order valence-corrected chi connectivity index (χ4v) is 4.53. The lowest BCUT2D eigenvalue weighted by Gasteiger charge is -2.28. The average molecular weight is 343 g/mol. The second kappa shape index (κ2) is 8.03. The van der Waals surface area contributed by atoms with E-state index in [0.29, 0.717) is 18.1 Å². The molecule has 1 amide bonds. The molecule has 3 rings (SSSR count). The Kier molecular flexibility index (Phi) is 5.77. The van der Waals surface area contributed by atoms with Gasteiger partial charge in [-0.15, -0.1) is 0 Å². The van der Waals surface area contributed by atoms with Gasteiger partial charge in [0.25, 0.3) is 5.91 Å². The molecule has 2 saturated carbocycles. The maximum atomic E-state index is 12.2. The number of Topliss-reactive ketones (excluding diaryl/α,β-unsaturated/α-hetero) is 1. The van der Waals surface area contributed by atoms with Crippen molar-refractivity contribution in [2.24, 2.45) is 17.8 Å². The number of carbonyl (C=O) groups excluding carboxylic acids is 2. The molecule has 25 heavy (non-hydrogen) atoms. The number of ether oxygens (including phenoxy) is 1. The zero-order valence-electron chi connectivity index (χ0n) is 15.3. The van der Waals surface area contributed by atoms with Crippen LogP contribution in [0, 0.1) is 17.8 Å². The maximum absolute atomic E-state index is 12.2. The highest BCUT2D eigenvalue weighted by Crippen LogP contribution is 2.49. The molecule has 1 aromatic rings. The SMILES string of the molecule is CC(=O)CCc1ccc(OCC(=O)NC(C)C2CC3CCC2C3)cc1. The van der Waals surface area contributed by atoms with Crippen molar-refractivity contribution >= 4 is 11.7 Å². The number of fused-ring (bicyclic) bond motifs is 2. The first-order valence-corrected chi connectivity index (χ1v) is 9.52. The minimum atomic E-state index is -0.0454. The van der Waals surface area contributed by atoms with Crippen LogP contribution in [0.4, 0.5) is 0 Å². The fraction of sp³-hybridized carbons (Fsp3) is 0.619. The number of rotatable bonds is 8. The lowest BCUT2D eigenvalue weighted by atomic mass is 9.84. The summed E-state index contributed by atoms with van der Waals surface area (Å²) in [4.78, 5) is 23.2. The number of ketones is 1. The van der Waals surface area contributed by atoms with Gasteiger partial charge < -0.3 is 14.8 Å². The van der Waals surface area contributed by atoms with E-state index in [1.165, 1.54) is 25.7 Å². The van der Waals surface area contributed by atoms with Gasteiger partial charge in [0.1, 0.15) is 11.5 Å². The highest BCUT2D eigenvalue weighted by molar-refractivity contribution is 5.77. The molecule has 2 fully saturated rings. The quantitative estimate of drug-likeness (QED) is 0.785. The first-order chi connectivity index (χ1) is 12.0. The zero-order chi connectivity index (χ0) is 17.8. The highest BCUT2D eigenvalue weighted by atomic mass is 16.5. The van der Waals surface area contributed by atoms with Crippen LogP contribution in [0.1, 0.15) is 51.5 Å². The van der Waals surface area contributed by atoms with E-state index < -0.39 is 0 Å². The van der Waals surface area contributed by atoms with Gasteiger partial charge in [0.15, 0.2) is 6.61 Å². The van der Waals surface area contributed by atoms with E-state index in [4.69, 9.17) is 4.74 Å². The number of amides is 1. The summed E-state index contributed by atoms with van der Waals surface area (Å²) in [5, 5.41) is 3.12. The van der Waals surface area contributed by atoms with Gasteiger partial charge in [-0.05, 0) is 75.0 Å². The summed E-state index contributed by atoms with van der Waals surface area (Å²) in [5.41, 5.74) is 1.11. The Balaban J connectivity index is 1.40. The van der Waals surface area contributed by atoms with Gasteiger partial charge in [0, 0.05) is 12.5 Å². The summed E-state index contributed by atoms with van der Waals surface area (Å²) < 4.78 is 5.59. The summed E-state index contributed by atoms with van der Waals surface area (Å²) in [6.07, 6.45) is 6.65. The summed E-state index contributed by atoms with van der Waals surface area (Å²) in [5.74, 6) is 3.19. The third-order valence-corrected chi connectivity index (χ3v) is 5.88. The van der Waals surface area contributed by atoms with Crippen LogP contribution < -0.4 is 10.1 Å². The first-order valence-electron chi connectivity index (χ1n) is 9.52. The number of hydrogen-bond acceptors (Lipinski definition) is 3. The standard InChI is InChI=1S/C21H29NO3/c1-14(23)3-4-16-6-9-19(10-7-16)25-13-21(24)22-15(2)20-12-17-5-8-18(20)11-17/h6-7,9-10,15,17-18,20H,3-5,8,11-13H2,1-2H3,(H,22,24). The van der Waals surface area contributed by atoms with Crippen LogP contribution in [-0.4, -0.2) is 24.3 Å². The molecule has 0 heterocycles.